The summed E-state index contributed by atoms with van der Waals surface area (Å²) in [5, 5.41) is 5.71. The van der Waals surface area contributed by atoms with Crippen molar-refractivity contribution in [3.05, 3.63) is 230 Å². The molecule has 0 saturated carbocycles. The molecular weight excluding hydrogens is 965 g/mol. The number of hydrogen-bond acceptors (Lipinski definition) is 6. The number of aryl methyl sites for hydroxylation is 2. The Morgan fingerprint density at radius 1 is 0.459 bits per heavy atom. The fourth-order valence-corrected chi connectivity index (χ4v) is 11.7. The molecule has 5 heterocycles. The first kappa shape index (κ1) is 45.2. The Labute approximate surface area is 375 Å². The van der Waals surface area contributed by atoms with Gasteiger partial charge in [0.1, 0.15) is 32.9 Å². The van der Waals surface area contributed by atoms with Crippen LogP contribution < -0.4 is 21.2 Å². The van der Waals surface area contributed by atoms with Crippen LogP contribution in [0.1, 0.15) is 17.5 Å². The van der Waals surface area contributed by atoms with Gasteiger partial charge >= 0.3 is 0 Å². The predicted octanol–water partition coefficient (Wildman–Crippen LogP) is 10.1. The number of pyridine rings is 4. The third-order valence-electron chi connectivity index (χ3n) is 9.71. The van der Waals surface area contributed by atoms with Crippen molar-refractivity contribution in [1.29, 1.82) is 0 Å². The Kier molecular flexibility index (Phi) is 18.4. The van der Waals surface area contributed by atoms with Gasteiger partial charge in [0.25, 0.3) is 0 Å². The molecule has 4 aromatic heterocycles. The summed E-state index contributed by atoms with van der Waals surface area (Å²) in [6.07, 6.45) is 8.94. The summed E-state index contributed by atoms with van der Waals surface area (Å²) in [5.74, 6) is 5.01. The van der Waals surface area contributed by atoms with E-state index in [2.05, 4.69) is 172 Å². The molecule has 61 heavy (non-hydrogen) atoms. The Hall–Kier alpha value is -5.36. The van der Waals surface area contributed by atoms with Crippen molar-refractivity contribution in [3.8, 4) is 22.8 Å². The fourth-order valence-electron chi connectivity index (χ4n) is 6.69. The smallest absolute Gasteiger partial charge is 0.158 e. The molecule has 306 valence electrons. The van der Waals surface area contributed by atoms with Crippen LogP contribution in [0.25, 0.3) is 22.8 Å². The molecule has 0 aliphatic carbocycles. The van der Waals surface area contributed by atoms with Crippen LogP contribution in [-0.4, -0.2) is 39.4 Å². The van der Waals surface area contributed by atoms with Gasteiger partial charge in [0.05, 0.1) is 51.8 Å². The third kappa shape index (κ3) is 14.1. The van der Waals surface area contributed by atoms with E-state index in [1.54, 1.807) is 12.4 Å². The number of hydrogen-bond donors (Lipinski definition) is 0. The van der Waals surface area contributed by atoms with Crippen LogP contribution in [0.4, 0.5) is 0 Å². The van der Waals surface area contributed by atoms with Crippen LogP contribution in [-0.2, 0) is 35.7 Å². The number of ether oxygens (including phenoxy) is 2. The first-order valence-electron chi connectivity index (χ1n) is 20.3. The summed E-state index contributed by atoms with van der Waals surface area (Å²) >= 11 is 0. The van der Waals surface area contributed by atoms with E-state index < -0.39 is 15.8 Å². The van der Waals surface area contributed by atoms with Crippen LogP contribution in [0.3, 0.4) is 0 Å². The number of aromatic nitrogens is 4. The Balaban J connectivity index is 0.000000164. The molecule has 1 aliphatic heterocycles. The van der Waals surface area contributed by atoms with Gasteiger partial charge in [-0.3, -0.25) is 19.9 Å². The Morgan fingerprint density at radius 3 is 1.26 bits per heavy atom. The zero-order valence-electron chi connectivity index (χ0n) is 34.1. The second kappa shape index (κ2) is 24.8. The minimum absolute atomic E-state index is 0. The molecule has 0 unspecified atom stereocenters. The van der Waals surface area contributed by atoms with E-state index in [4.69, 9.17) is 9.47 Å². The van der Waals surface area contributed by atoms with E-state index in [9.17, 15) is 0 Å². The van der Waals surface area contributed by atoms with Gasteiger partial charge in [0.15, 0.2) is 6.29 Å². The molecule has 6 nitrogen and oxygen atoms in total. The van der Waals surface area contributed by atoms with Gasteiger partial charge in [-0.1, -0.05) is 84.9 Å². The third-order valence-corrected chi connectivity index (χ3v) is 14.9. The quantitative estimate of drug-likeness (QED) is 0.120. The minimum Gasteiger partial charge on any atom is -0.350 e. The molecule has 0 atom stereocenters. The van der Waals surface area contributed by atoms with E-state index in [1.807, 2.05) is 60.9 Å². The zero-order valence-corrected chi connectivity index (χ0v) is 38.7. The van der Waals surface area contributed by atoms with E-state index in [0.717, 1.165) is 35.6 Å². The summed E-state index contributed by atoms with van der Waals surface area (Å²) in [5.41, 5.74) is 6.09. The van der Waals surface area contributed by atoms with Gasteiger partial charge in [-0.15, -0.1) is 0 Å². The topological polar surface area (TPSA) is 70.0 Å². The first-order chi connectivity index (χ1) is 29.7. The van der Waals surface area contributed by atoms with Crippen LogP contribution in [0.5, 0.6) is 0 Å². The van der Waals surface area contributed by atoms with E-state index in [1.165, 1.54) is 32.3 Å². The van der Waals surface area contributed by atoms with Crippen molar-refractivity contribution in [2.24, 2.45) is 0 Å². The van der Waals surface area contributed by atoms with Crippen molar-refractivity contribution >= 4 is 37.1 Å². The van der Waals surface area contributed by atoms with Crippen LogP contribution in [0.15, 0.2) is 218 Å². The second-order valence-electron chi connectivity index (χ2n) is 14.0. The van der Waals surface area contributed by atoms with Crippen LogP contribution in [0.2, 0.25) is 0 Å². The van der Waals surface area contributed by atoms with Gasteiger partial charge in [0.2, 0.25) is 0 Å². The standard InChI is InChI=1S/C26H22P2.C16H18N2O2.C10H8N2.Os/c1-5-13-23(14-6-1)27(24-15-7-2-8-16-24)21-22-28(25-17-9-3-10-18-25)26-19-11-4-12-20-26;1-12-4-6-17-14(10-12)15-11-13(5-7-18-15)2-3-16-19-8-9-20-16;1-3-7-11-9(5-1)10-6-2-4-8-12-10;/h1-22H;4-7,10-11,16H,2-3,8-9H2,1H3;1-8H;/p+2. The largest absolute Gasteiger partial charge is 0.350 e. The van der Waals surface area contributed by atoms with Gasteiger partial charge in [-0.2, -0.15) is 0 Å². The van der Waals surface area contributed by atoms with Crippen LogP contribution in [0, 0.1) is 6.92 Å². The number of rotatable bonds is 11. The summed E-state index contributed by atoms with van der Waals surface area (Å²) < 4.78 is 10.9. The van der Waals surface area contributed by atoms with Crippen molar-refractivity contribution in [2.45, 2.75) is 26.1 Å². The van der Waals surface area contributed by atoms with Gasteiger partial charge < -0.3 is 9.47 Å². The Bertz CT molecular complexity index is 2260. The molecule has 0 spiro atoms. The zero-order chi connectivity index (χ0) is 41.0. The molecule has 9 heteroatoms. The molecular formula is C52H50N4O2OsP2+2. The summed E-state index contributed by atoms with van der Waals surface area (Å²) in [6.45, 7) is 3.47. The summed E-state index contributed by atoms with van der Waals surface area (Å²) in [4.78, 5) is 17.2. The molecule has 1 aliphatic rings. The van der Waals surface area contributed by atoms with Crippen LogP contribution >= 0.6 is 15.8 Å². The minimum atomic E-state index is -0.964. The Morgan fingerprint density at radius 2 is 0.852 bits per heavy atom. The van der Waals surface area contributed by atoms with Crippen molar-refractivity contribution < 1.29 is 29.3 Å². The van der Waals surface area contributed by atoms with Crippen molar-refractivity contribution in [1.82, 2.24) is 19.9 Å². The van der Waals surface area contributed by atoms with Gasteiger partial charge in [-0.05, 0) is 122 Å². The summed E-state index contributed by atoms with van der Waals surface area (Å²) in [7, 11) is -1.93. The molecule has 1 saturated heterocycles. The van der Waals surface area contributed by atoms with E-state index in [0.29, 0.717) is 13.2 Å². The fraction of sp³-hybridized carbons (Fsp3) is 0.115. The molecule has 4 aromatic carbocycles. The molecule has 9 rings (SSSR count). The first-order valence-corrected chi connectivity index (χ1v) is 23.4. The number of nitrogens with zero attached hydrogens (tertiary/aromatic N) is 4. The summed E-state index contributed by atoms with van der Waals surface area (Å²) in [6, 6.07) is 63.5. The molecule has 1 fully saturated rings. The maximum absolute atomic E-state index is 5.46. The van der Waals surface area contributed by atoms with Gasteiger partial charge in [0, 0.05) is 51.0 Å². The van der Waals surface area contributed by atoms with E-state index in [-0.39, 0.29) is 26.1 Å². The average Bonchev–Trinajstić information content (AvgIpc) is 3.86. The number of benzene rings is 4. The molecule has 0 bridgehead atoms. The van der Waals surface area contributed by atoms with Crippen molar-refractivity contribution in [2.75, 3.05) is 13.2 Å². The normalized spacial score (nSPS) is 12.2. The maximum atomic E-state index is 5.46. The molecule has 8 aromatic rings. The molecule has 0 amide bonds. The predicted molar refractivity (Wildman–Crippen MR) is 254 cm³/mol. The van der Waals surface area contributed by atoms with Crippen molar-refractivity contribution in [3.63, 3.8) is 0 Å². The average molecular weight is 1020 g/mol. The van der Waals surface area contributed by atoms with E-state index >= 15 is 0 Å². The molecule has 0 N–H and O–H groups in total. The van der Waals surface area contributed by atoms with Gasteiger partial charge in [-0.25, -0.2) is 0 Å². The SMILES string of the molecule is C(=C[PH+](c1ccccc1)c1ccccc1)[PH+](c1ccccc1)c1ccccc1.Cc1ccnc(-c2cc(CCC3OCCO3)ccn2)c1.[Os].c1ccc(-c2ccccn2)nc1. The maximum Gasteiger partial charge on any atom is 0.158 e. The molecule has 0 radical (unpaired) electrons. The monoisotopic (exact) mass is 1020 g/mol. The second-order valence-corrected chi connectivity index (χ2v) is 18.7.